The maximum Gasteiger partial charge on any atom is 0.338 e. The van der Waals surface area contributed by atoms with Crippen molar-refractivity contribution >= 4 is 38.6 Å². The lowest BCUT2D eigenvalue weighted by Gasteiger charge is -2.22. The summed E-state index contributed by atoms with van der Waals surface area (Å²) in [5.41, 5.74) is 4.49. The molecule has 8 heteroatoms. The van der Waals surface area contributed by atoms with Crippen LogP contribution in [0.2, 0.25) is 0 Å². The number of benzene rings is 2. The summed E-state index contributed by atoms with van der Waals surface area (Å²) < 4.78 is 32.7. The number of aryl methyl sites for hydroxylation is 2. The van der Waals surface area contributed by atoms with E-state index >= 15 is 0 Å². The first-order chi connectivity index (χ1) is 12.8. The zero-order valence-corrected chi connectivity index (χ0v) is 16.6. The number of anilines is 1. The Morgan fingerprint density at radius 2 is 2.04 bits per heavy atom. The zero-order valence-electron chi connectivity index (χ0n) is 14.9. The van der Waals surface area contributed by atoms with Crippen molar-refractivity contribution in [1.29, 1.82) is 0 Å². The molecular formula is C19H18N2O4S2. The van der Waals surface area contributed by atoms with Crippen molar-refractivity contribution in [1.82, 2.24) is 0 Å². The number of ether oxygens (including phenoxy) is 1. The van der Waals surface area contributed by atoms with E-state index in [-0.39, 0.29) is 12.4 Å². The van der Waals surface area contributed by atoms with E-state index in [9.17, 15) is 13.2 Å². The van der Waals surface area contributed by atoms with E-state index in [2.05, 4.69) is 4.40 Å². The van der Waals surface area contributed by atoms with E-state index in [0.717, 1.165) is 27.3 Å². The number of nitrogens with zero attached hydrogens (tertiary/aromatic N) is 2. The summed E-state index contributed by atoms with van der Waals surface area (Å²) in [7, 11) is -3.39. The van der Waals surface area contributed by atoms with Crippen molar-refractivity contribution in [2.45, 2.75) is 25.3 Å². The van der Waals surface area contributed by atoms with Crippen molar-refractivity contribution < 1.29 is 17.9 Å². The standard InChI is InChI=1S/C19H18N2O4S2/c1-12-3-4-13(2)15(9-12)11-25-18(22)14-5-6-16-17(10-14)26-19-20-27(23,24)8-7-21(16)19/h3-6,9-10H,7-8,11H2,1-2H3. The summed E-state index contributed by atoms with van der Waals surface area (Å²) in [6.07, 6.45) is 0. The van der Waals surface area contributed by atoms with E-state index in [4.69, 9.17) is 4.74 Å². The average Bonchev–Trinajstić information content (AvgIpc) is 2.97. The molecule has 4 rings (SSSR count). The number of sulfonamides is 1. The number of hydrogen-bond donors (Lipinski definition) is 0. The van der Waals surface area contributed by atoms with E-state index in [1.807, 2.05) is 43.0 Å². The van der Waals surface area contributed by atoms with Gasteiger partial charge in [-0.25, -0.2) is 13.2 Å². The molecule has 2 aromatic carbocycles. The molecule has 0 aromatic heterocycles. The Bertz CT molecular complexity index is 1080. The smallest absolute Gasteiger partial charge is 0.338 e. The molecule has 0 fully saturated rings. The first-order valence-electron chi connectivity index (χ1n) is 8.48. The van der Waals surface area contributed by atoms with Gasteiger partial charge >= 0.3 is 5.97 Å². The number of carbonyl (C=O) groups excluding carboxylic acids is 1. The van der Waals surface area contributed by atoms with Crippen LogP contribution in [0.5, 0.6) is 0 Å². The van der Waals surface area contributed by atoms with Gasteiger partial charge in [0.25, 0.3) is 10.0 Å². The van der Waals surface area contributed by atoms with Crippen LogP contribution in [-0.4, -0.2) is 31.9 Å². The summed E-state index contributed by atoms with van der Waals surface area (Å²) in [6, 6.07) is 11.3. The number of thioether (sulfide) groups is 1. The lowest BCUT2D eigenvalue weighted by Crippen LogP contribution is -2.35. The predicted octanol–water partition coefficient (Wildman–Crippen LogP) is 3.27. The molecule has 0 N–H and O–H groups in total. The monoisotopic (exact) mass is 402 g/mol. The quantitative estimate of drug-likeness (QED) is 0.734. The van der Waals surface area contributed by atoms with Gasteiger partial charge in [-0.05, 0) is 54.9 Å². The zero-order chi connectivity index (χ0) is 19.2. The maximum absolute atomic E-state index is 12.5. The summed E-state index contributed by atoms with van der Waals surface area (Å²) in [5.74, 6) is -0.408. The average molecular weight is 402 g/mol. The largest absolute Gasteiger partial charge is 0.457 e. The maximum atomic E-state index is 12.5. The highest BCUT2D eigenvalue weighted by Gasteiger charge is 2.33. The minimum absolute atomic E-state index is 0.00383. The Balaban J connectivity index is 1.52. The number of fused-ring (bicyclic) bond motifs is 3. The fourth-order valence-electron chi connectivity index (χ4n) is 3.04. The van der Waals surface area contributed by atoms with Crippen molar-refractivity contribution in [3.63, 3.8) is 0 Å². The third kappa shape index (κ3) is 3.59. The topological polar surface area (TPSA) is 76.0 Å². The van der Waals surface area contributed by atoms with Crippen molar-refractivity contribution in [3.05, 3.63) is 58.7 Å². The Labute approximate surface area is 162 Å². The number of amidine groups is 1. The molecule has 2 aromatic rings. The van der Waals surface area contributed by atoms with Crippen LogP contribution in [0, 0.1) is 13.8 Å². The Morgan fingerprint density at radius 3 is 2.85 bits per heavy atom. The normalized spacial score (nSPS) is 17.1. The number of rotatable bonds is 3. The van der Waals surface area contributed by atoms with Crippen molar-refractivity contribution in [2.24, 2.45) is 4.40 Å². The van der Waals surface area contributed by atoms with Gasteiger partial charge in [0.05, 0.1) is 17.0 Å². The molecule has 6 nitrogen and oxygen atoms in total. The number of esters is 1. The highest BCUT2D eigenvalue weighted by Crippen LogP contribution is 2.42. The molecule has 2 aliphatic heterocycles. The molecule has 0 aliphatic carbocycles. The molecule has 140 valence electrons. The molecule has 0 unspecified atom stereocenters. The molecule has 2 aliphatic rings. The Hall–Kier alpha value is -2.32. The van der Waals surface area contributed by atoms with Gasteiger partial charge in [0, 0.05) is 11.4 Å². The van der Waals surface area contributed by atoms with Crippen LogP contribution in [0.4, 0.5) is 5.69 Å². The van der Waals surface area contributed by atoms with Gasteiger partial charge in [-0.3, -0.25) is 0 Å². The third-order valence-electron chi connectivity index (χ3n) is 4.57. The van der Waals surface area contributed by atoms with Gasteiger partial charge in [0.1, 0.15) is 6.61 Å². The minimum atomic E-state index is -3.39. The molecule has 0 atom stereocenters. The summed E-state index contributed by atoms with van der Waals surface area (Å²) in [4.78, 5) is 15.1. The van der Waals surface area contributed by atoms with Crippen LogP contribution in [0.25, 0.3) is 0 Å². The lowest BCUT2D eigenvalue weighted by atomic mass is 10.1. The van der Waals surface area contributed by atoms with Gasteiger partial charge in [-0.2, -0.15) is 0 Å². The molecule has 0 amide bonds. The molecule has 2 heterocycles. The lowest BCUT2D eigenvalue weighted by molar-refractivity contribution is 0.0472. The number of carbonyl (C=O) groups is 1. The molecule has 0 saturated carbocycles. The second kappa shape index (κ2) is 6.69. The first kappa shape index (κ1) is 18.1. The van der Waals surface area contributed by atoms with Crippen LogP contribution in [0.1, 0.15) is 27.0 Å². The van der Waals surface area contributed by atoms with Gasteiger partial charge in [-0.15, -0.1) is 4.40 Å². The van der Waals surface area contributed by atoms with E-state index in [0.29, 0.717) is 17.3 Å². The summed E-state index contributed by atoms with van der Waals surface area (Å²) in [6.45, 7) is 4.57. The van der Waals surface area contributed by atoms with E-state index < -0.39 is 16.0 Å². The van der Waals surface area contributed by atoms with Gasteiger partial charge in [-0.1, -0.05) is 23.8 Å². The van der Waals surface area contributed by atoms with Crippen LogP contribution < -0.4 is 4.90 Å². The van der Waals surface area contributed by atoms with Crippen LogP contribution >= 0.6 is 11.8 Å². The highest BCUT2D eigenvalue weighted by atomic mass is 32.2. The van der Waals surface area contributed by atoms with Gasteiger partial charge < -0.3 is 9.64 Å². The molecular weight excluding hydrogens is 384 g/mol. The summed E-state index contributed by atoms with van der Waals surface area (Å²) in [5, 5.41) is 0.442. The van der Waals surface area contributed by atoms with E-state index in [1.54, 1.807) is 12.1 Å². The molecule has 0 spiro atoms. The second-order valence-corrected chi connectivity index (χ2v) is 9.37. The Morgan fingerprint density at radius 1 is 1.22 bits per heavy atom. The molecule has 27 heavy (non-hydrogen) atoms. The molecule has 0 saturated heterocycles. The van der Waals surface area contributed by atoms with Gasteiger partial charge in [0.2, 0.25) is 0 Å². The highest BCUT2D eigenvalue weighted by molar-refractivity contribution is 8.15. The Kier molecular flexibility index (Phi) is 4.47. The third-order valence-corrected chi connectivity index (χ3v) is 6.88. The van der Waals surface area contributed by atoms with E-state index in [1.165, 1.54) is 11.8 Å². The first-order valence-corrected chi connectivity index (χ1v) is 10.9. The molecule has 0 bridgehead atoms. The minimum Gasteiger partial charge on any atom is -0.457 e. The van der Waals surface area contributed by atoms with Gasteiger partial charge in [0.15, 0.2) is 5.17 Å². The summed E-state index contributed by atoms with van der Waals surface area (Å²) >= 11 is 1.26. The predicted molar refractivity (Wildman–Crippen MR) is 106 cm³/mol. The second-order valence-electron chi connectivity index (χ2n) is 6.60. The van der Waals surface area contributed by atoms with Crippen LogP contribution in [0.3, 0.4) is 0 Å². The van der Waals surface area contributed by atoms with Crippen LogP contribution in [0.15, 0.2) is 45.7 Å². The van der Waals surface area contributed by atoms with Crippen molar-refractivity contribution in [3.8, 4) is 0 Å². The van der Waals surface area contributed by atoms with Crippen LogP contribution in [-0.2, 0) is 21.4 Å². The SMILES string of the molecule is Cc1ccc(C)c(COC(=O)c2ccc3c(c2)SC2=NS(=O)(=O)CCN23)c1. The number of hydrogen-bond acceptors (Lipinski definition) is 6. The fraction of sp³-hybridized carbons (Fsp3) is 0.263. The molecule has 0 radical (unpaired) electrons. The fourth-order valence-corrected chi connectivity index (χ4v) is 5.34. The van der Waals surface area contributed by atoms with Crippen molar-refractivity contribution in [2.75, 3.05) is 17.2 Å².